The van der Waals surface area contributed by atoms with Gasteiger partial charge in [0.25, 0.3) is 0 Å². The fraction of sp³-hybridized carbons (Fsp3) is 1.00. The zero-order valence-corrected chi connectivity index (χ0v) is 8.80. The molecular weight excluding hydrogens is 148 g/mol. The molecule has 0 aromatic rings. The predicted molar refractivity (Wildman–Crippen MR) is 53.1 cm³/mol. The summed E-state index contributed by atoms with van der Waals surface area (Å²) in [6, 6.07) is 0.325. The molecule has 1 saturated heterocycles. The molecule has 1 heterocycles. The quantitative estimate of drug-likeness (QED) is 0.645. The van der Waals surface area contributed by atoms with Crippen LogP contribution in [-0.2, 0) is 0 Å². The SMILES string of the molecule is CCN1CCC(C)[C@@H](N)C1(C)C. The summed E-state index contributed by atoms with van der Waals surface area (Å²) in [6.07, 6.45) is 1.25. The molecule has 0 radical (unpaired) electrons. The van der Waals surface area contributed by atoms with Crippen LogP contribution < -0.4 is 5.73 Å². The highest BCUT2D eigenvalue weighted by molar-refractivity contribution is 4.97. The molecule has 0 aromatic heterocycles. The van der Waals surface area contributed by atoms with Gasteiger partial charge in [-0.3, -0.25) is 4.90 Å². The number of rotatable bonds is 1. The van der Waals surface area contributed by atoms with E-state index >= 15 is 0 Å². The van der Waals surface area contributed by atoms with Crippen LogP contribution in [0.1, 0.15) is 34.1 Å². The van der Waals surface area contributed by atoms with E-state index in [0.717, 1.165) is 6.54 Å². The van der Waals surface area contributed by atoms with Gasteiger partial charge in [0.2, 0.25) is 0 Å². The highest BCUT2D eigenvalue weighted by atomic mass is 15.2. The zero-order valence-electron chi connectivity index (χ0n) is 8.80. The van der Waals surface area contributed by atoms with Crippen molar-refractivity contribution in [2.75, 3.05) is 13.1 Å². The smallest absolute Gasteiger partial charge is 0.0306 e. The molecule has 1 unspecified atom stereocenters. The fourth-order valence-electron chi connectivity index (χ4n) is 2.30. The maximum Gasteiger partial charge on any atom is 0.0306 e. The Morgan fingerprint density at radius 2 is 2.08 bits per heavy atom. The van der Waals surface area contributed by atoms with Gasteiger partial charge in [-0.15, -0.1) is 0 Å². The summed E-state index contributed by atoms with van der Waals surface area (Å²) in [7, 11) is 0. The highest BCUT2D eigenvalue weighted by Crippen LogP contribution is 2.29. The van der Waals surface area contributed by atoms with Gasteiger partial charge in [0.1, 0.15) is 0 Å². The van der Waals surface area contributed by atoms with Gasteiger partial charge >= 0.3 is 0 Å². The van der Waals surface area contributed by atoms with Gasteiger partial charge in [0, 0.05) is 11.6 Å². The van der Waals surface area contributed by atoms with Crippen LogP contribution in [0.3, 0.4) is 0 Å². The Balaban J connectivity index is 2.73. The molecule has 0 aliphatic carbocycles. The third-order valence-corrected chi connectivity index (χ3v) is 3.48. The molecule has 1 rings (SSSR count). The standard InChI is InChI=1S/C10H22N2/c1-5-12-7-6-8(2)9(11)10(12,3)4/h8-9H,5-7,11H2,1-4H3/t8?,9-/m1/s1. The van der Waals surface area contributed by atoms with Crippen LogP contribution >= 0.6 is 0 Å². The summed E-state index contributed by atoms with van der Waals surface area (Å²) < 4.78 is 0. The third kappa shape index (κ3) is 1.50. The first-order chi connectivity index (χ1) is 5.50. The fourth-order valence-corrected chi connectivity index (χ4v) is 2.30. The number of hydrogen-bond donors (Lipinski definition) is 1. The van der Waals surface area contributed by atoms with Gasteiger partial charge in [0.05, 0.1) is 0 Å². The summed E-state index contributed by atoms with van der Waals surface area (Å²) in [6.45, 7) is 11.3. The number of likely N-dealkylation sites (N-methyl/N-ethyl adjacent to an activating group) is 1. The van der Waals surface area contributed by atoms with Crippen molar-refractivity contribution >= 4 is 0 Å². The molecule has 0 spiro atoms. The van der Waals surface area contributed by atoms with E-state index in [0.29, 0.717) is 12.0 Å². The van der Waals surface area contributed by atoms with Crippen LogP contribution in [0, 0.1) is 5.92 Å². The molecule has 2 atom stereocenters. The van der Waals surface area contributed by atoms with Crippen LogP contribution in [0.25, 0.3) is 0 Å². The van der Waals surface area contributed by atoms with Crippen molar-refractivity contribution in [1.82, 2.24) is 4.90 Å². The molecule has 1 aliphatic rings. The second kappa shape index (κ2) is 3.35. The molecule has 2 nitrogen and oxygen atoms in total. The molecule has 2 N–H and O–H groups in total. The van der Waals surface area contributed by atoms with Crippen molar-refractivity contribution < 1.29 is 0 Å². The van der Waals surface area contributed by atoms with Crippen LogP contribution in [0.15, 0.2) is 0 Å². The van der Waals surface area contributed by atoms with Gasteiger partial charge in [-0.25, -0.2) is 0 Å². The molecule has 72 valence electrons. The number of likely N-dealkylation sites (tertiary alicyclic amines) is 1. The second-order valence-corrected chi connectivity index (χ2v) is 4.53. The van der Waals surface area contributed by atoms with Crippen molar-refractivity contribution in [2.45, 2.75) is 45.7 Å². The van der Waals surface area contributed by atoms with Crippen molar-refractivity contribution in [1.29, 1.82) is 0 Å². The maximum absolute atomic E-state index is 6.18. The maximum atomic E-state index is 6.18. The first-order valence-electron chi connectivity index (χ1n) is 5.00. The number of nitrogens with two attached hydrogens (primary N) is 1. The van der Waals surface area contributed by atoms with Crippen molar-refractivity contribution in [2.24, 2.45) is 11.7 Å². The van der Waals surface area contributed by atoms with Crippen LogP contribution in [0.4, 0.5) is 0 Å². The number of hydrogen-bond acceptors (Lipinski definition) is 2. The van der Waals surface area contributed by atoms with Gasteiger partial charge in [-0.1, -0.05) is 13.8 Å². The van der Waals surface area contributed by atoms with Gasteiger partial charge in [-0.2, -0.15) is 0 Å². The van der Waals surface area contributed by atoms with E-state index in [2.05, 4.69) is 32.6 Å². The molecular formula is C10H22N2. The molecule has 2 heteroatoms. The Labute approximate surface area is 76.1 Å². The zero-order chi connectivity index (χ0) is 9.35. The number of piperidine rings is 1. The second-order valence-electron chi connectivity index (χ2n) is 4.53. The van der Waals surface area contributed by atoms with Gasteiger partial charge in [0.15, 0.2) is 0 Å². The first-order valence-corrected chi connectivity index (χ1v) is 5.00. The Kier molecular flexibility index (Phi) is 2.79. The van der Waals surface area contributed by atoms with Crippen LogP contribution in [-0.4, -0.2) is 29.6 Å². The lowest BCUT2D eigenvalue weighted by Crippen LogP contribution is -2.62. The van der Waals surface area contributed by atoms with E-state index in [-0.39, 0.29) is 5.54 Å². The molecule has 1 fully saturated rings. The van der Waals surface area contributed by atoms with Crippen LogP contribution in [0.5, 0.6) is 0 Å². The monoisotopic (exact) mass is 170 g/mol. The van der Waals surface area contributed by atoms with Gasteiger partial charge < -0.3 is 5.73 Å². The van der Waals surface area contributed by atoms with Crippen molar-refractivity contribution in [3.8, 4) is 0 Å². The molecule has 0 saturated carbocycles. The largest absolute Gasteiger partial charge is 0.326 e. The summed E-state index contributed by atoms with van der Waals surface area (Å²) in [4.78, 5) is 2.48. The van der Waals surface area contributed by atoms with E-state index in [9.17, 15) is 0 Å². The normalized spacial score (nSPS) is 36.8. The van der Waals surface area contributed by atoms with E-state index in [1.807, 2.05) is 0 Å². The first kappa shape index (κ1) is 10.0. The summed E-state index contributed by atoms with van der Waals surface area (Å²) in [5, 5.41) is 0. The van der Waals surface area contributed by atoms with Crippen molar-refractivity contribution in [3.05, 3.63) is 0 Å². The minimum atomic E-state index is 0.187. The summed E-state index contributed by atoms with van der Waals surface area (Å²) in [5.41, 5.74) is 6.37. The van der Waals surface area contributed by atoms with E-state index in [1.165, 1.54) is 13.0 Å². The molecule has 12 heavy (non-hydrogen) atoms. The molecule has 0 aromatic carbocycles. The Hall–Kier alpha value is -0.0800. The van der Waals surface area contributed by atoms with E-state index < -0.39 is 0 Å². The topological polar surface area (TPSA) is 29.3 Å². The lowest BCUT2D eigenvalue weighted by atomic mass is 9.79. The minimum absolute atomic E-state index is 0.187. The van der Waals surface area contributed by atoms with Gasteiger partial charge in [-0.05, 0) is 39.3 Å². The van der Waals surface area contributed by atoms with E-state index in [4.69, 9.17) is 5.73 Å². The van der Waals surface area contributed by atoms with Crippen LogP contribution in [0.2, 0.25) is 0 Å². The van der Waals surface area contributed by atoms with E-state index in [1.54, 1.807) is 0 Å². The van der Waals surface area contributed by atoms with Crippen molar-refractivity contribution in [3.63, 3.8) is 0 Å². The number of nitrogens with zero attached hydrogens (tertiary/aromatic N) is 1. The summed E-state index contributed by atoms with van der Waals surface area (Å²) in [5.74, 6) is 0.669. The Bertz CT molecular complexity index is 150. The minimum Gasteiger partial charge on any atom is -0.326 e. The molecule has 1 aliphatic heterocycles. The summed E-state index contributed by atoms with van der Waals surface area (Å²) >= 11 is 0. The predicted octanol–water partition coefficient (Wildman–Crippen LogP) is 1.45. The average Bonchev–Trinajstić information content (AvgIpc) is 2.01. The molecule has 0 amide bonds. The Morgan fingerprint density at radius 3 is 2.58 bits per heavy atom. The highest BCUT2D eigenvalue weighted by Gasteiger charge is 2.38. The average molecular weight is 170 g/mol. The lowest BCUT2D eigenvalue weighted by Gasteiger charge is -2.49. The Morgan fingerprint density at radius 1 is 1.50 bits per heavy atom. The third-order valence-electron chi connectivity index (χ3n) is 3.48. The molecule has 0 bridgehead atoms. The lowest BCUT2D eigenvalue weighted by molar-refractivity contribution is 0.0347.